The molecule has 0 aromatic heterocycles. The zero-order valence-corrected chi connectivity index (χ0v) is 11.0. The average Bonchev–Trinajstić information content (AvgIpc) is 2.36. The van der Waals surface area contributed by atoms with E-state index in [-0.39, 0.29) is 12.1 Å². The summed E-state index contributed by atoms with van der Waals surface area (Å²) < 4.78 is 5.50. The Balaban J connectivity index is 2.38. The van der Waals surface area contributed by atoms with Crippen molar-refractivity contribution < 1.29 is 19.4 Å². The SMILES string of the molecule is CCOC1CCN(C(=O)NC(CC)C(=O)O)CC1. The molecule has 1 aliphatic heterocycles. The van der Waals surface area contributed by atoms with Crippen LogP contribution >= 0.6 is 0 Å². The standard InChI is InChI=1S/C12H22N2O4/c1-3-10(11(15)16)13-12(17)14-7-5-9(6-8-14)18-4-2/h9-10H,3-8H2,1-2H3,(H,13,17)(H,15,16). The molecule has 0 aliphatic carbocycles. The Morgan fingerprint density at radius 3 is 2.44 bits per heavy atom. The molecule has 2 amide bonds. The second-order valence-electron chi connectivity index (χ2n) is 4.39. The molecule has 0 aromatic carbocycles. The van der Waals surface area contributed by atoms with Crippen LogP contribution in [0.2, 0.25) is 0 Å². The van der Waals surface area contributed by atoms with Crippen molar-refractivity contribution in [1.29, 1.82) is 0 Å². The normalized spacial score (nSPS) is 18.4. The summed E-state index contributed by atoms with van der Waals surface area (Å²) in [6, 6.07) is -1.10. The van der Waals surface area contributed by atoms with Crippen LogP contribution in [0.3, 0.4) is 0 Å². The Morgan fingerprint density at radius 2 is 2.00 bits per heavy atom. The number of carbonyl (C=O) groups excluding carboxylic acids is 1. The van der Waals surface area contributed by atoms with Crippen LogP contribution in [0.4, 0.5) is 4.79 Å². The smallest absolute Gasteiger partial charge is 0.326 e. The molecule has 0 bridgehead atoms. The lowest BCUT2D eigenvalue weighted by Gasteiger charge is -2.32. The van der Waals surface area contributed by atoms with Crippen LogP contribution in [0.1, 0.15) is 33.1 Å². The van der Waals surface area contributed by atoms with Crippen LogP contribution in [0, 0.1) is 0 Å². The maximum atomic E-state index is 11.8. The van der Waals surface area contributed by atoms with Gasteiger partial charge >= 0.3 is 12.0 Å². The van der Waals surface area contributed by atoms with Gasteiger partial charge in [-0.15, -0.1) is 0 Å². The molecule has 18 heavy (non-hydrogen) atoms. The van der Waals surface area contributed by atoms with E-state index < -0.39 is 12.0 Å². The number of nitrogens with zero attached hydrogens (tertiary/aromatic N) is 1. The van der Waals surface area contributed by atoms with Crippen molar-refractivity contribution in [3.05, 3.63) is 0 Å². The van der Waals surface area contributed by atoms with Crippen molar-refractivity contribution in [2.45, 2.75) is 45.3 Å². The summed E-state index contributed by atoms with van der Waals surface area (Å²) in [4.78, 5) is 24.3. The number of carboxylic acids is 1. The Labute approximate surface area is 107 Å². The topological polar surface area (TPSA) is 78.9 Å². The minimum Gasteiger partial charge on any atom is -0.480 e. The minimum absolute atomic E-state index is 0.223. The third-order valence-electron chi connectivity index (χ3n) is 3.14. The molecule has 0 radical (unpaired) electrons. The van der Waals surface area contributed by atoms with E-state index in [1.54, 1.807) is 11.8 Å². The van der Waals surface area contributed by atoms with Crippen LogP contribution in [0.5, 0.6) is 0 Å². The van der Waals surface area contributed by atoms with E-state index in [0.717, 1.165) is 12.8 Å². The van der Waals surface area contributed by atoms with Crippen molar-refractivity contribution in [3.8, 4) is 0 Å². The largest absolute Gasteiger partial charge is 0.480 e. The van der Waals surface area contributed by atoms with Crippen molar-refractivity contribution in [1.82, 2.24) is 10.2 Å². The van der Waals surface area contributed by atoms with Crippen molar-refractivity contribution in [3.63, 3.8) is 0 Å². The second kappa shape index (κ2) is 7.20. The van der Waals surface area contributed by atoms with Gasteiger partial charge in [-0.25, -0.2) is 9.59 Å². The first-order chi connectivity index (χ1) is 8.58. The number of rotatable bonds is 5. The number of carboxylic acid groups (broad SMARTS) is 1. The van der Waals surface area contributed by atoms with Gasteiger partial charge in [-0.05, 0) is 26.2 Å². The van der Waals surface area contributed by atoms with Crippen LogP contribution < -0.4 is 5.32 Å². The quantitative estimate of drug-likeness (QED) is 0.773. The molecular weight excluding hydrogens is 236 g/mol. The number of carbonyl (C=O) groups is 2. The van der Waals surface area contributed by atoms with Gasteiger partial charge in [0.05, 0.1) is 6.10 Å². The summed E-state index contributed by atoms with van der Waals surface area (Å²) >= 11 is 0. The summed E-state index contributed by atoms with van der Waals surface area (Å²) in [5, 5.41) is 11.4. The zero-order chi connectivity index (χ0) is 13.5. The predicted octanol–water partition coefficient (Wildman–Crippen LogP) is 1.06. The molecule has 104 valence electrons. The number of nitrogens with one attached hydrogen (secondary N) is 1. The Morgan fingerprint density at radius 1 is 1.39 bits per heavy atom. The first-order valence-corrected chi connectivity index (χ1v) is 6.48. The van der Waals surface area contributed by atoms with E-state index in [1.165, 1.54) is 0 Å². The summed E-state index contributed by atoms with van der Waals surface area (Å²) in [5.74, 6) is -0.991. The predicted molar refractivity (Wildman–Crippen MR) is 66.5 cm³/mol. The van der Waals surface area contributed by atoms with Gasteiger partial charge in [0, 0.05) is 19.7 Å². The number of ether oxygens (including phenoxy) is 1. The fourth-order valence-electron chi connectivity index (χ4n) is 2.04. The van der Waals surface area contributed by atoms with Gasteiger partial charge in [0.1, 0.15) is 6.04 Å². The van der Waals surface area contributed by atoms with Gasteiger partial charge in [-0.2, -0.15) is 0 Å². The Hall–Kier alpha value is -1.30. The number of piperidine rings is 1. The van der Waals surface area contributed by atoms with Gasteiger partial charge in [0.2, 0.25) is 0 Å². The Kier molecular flexibility index (Phi) is 5.91. The first kappa shape index (κ1) is 14.8. The van der Waals surface area contributed by atoms with Gasteiger partial charge in [0.25, 0.3) is 0 Å². The van der Waals surface area contributed by atoms with Crippen molar-refractivity contribution >= 4 is 12.0 Å². The first-order valence-electron chi connectivity index (χ1n) is 6.48. The molecule has 0 saturated carbocycles. The third kappa shape index (κ3) is 4.18. The highest BCUT2D eigenvalue weighted by Crippen LogP contribution is 2.13. The maximum absolute atomic E-state index is 11.8. The molecule has 1 atom stereocenters. The van der Waals surface area contributed by atoms with Gasteiger partial charge in [-0.3, -0.25) is 0 Å². The average molecular weight is 258 g/mol. The fraction of sp³-hybridized carbons (Fsp3) is 0.833. The number of aliphatic carboxylic acids is 1. The number of hydrogen-bond acceptors (Lipinski definition) is 3. The van der Waals surface area contributed by atoms with Crippen LogP contribution in [-0.4, -0.2) is 53.8 Å². The molecule has 1 aliphatic rings. The highest BCUT2D eigenvalue weighted by atomic mass is 16.5. The van der Waals surface area contributed by atoms with E-state index in [2.05, 4.69) is 5.32 Å². The molecule has 6 heteroatoms. The molecule has 1 rings (SSSR count). The van der Waals surface area contributed by atoms with Gasteiger partial charge < -0.3 is 20.1 Å². The molecule has 0 aromatic rings. The highest BCUT2D eigenvalue weighted by molar-refractivity contribution is 5.82. The lowest BCUT2D eigenvalue weighted by Crippen LogP contribution is -2.50. The molecular formula is C12H22N2O4. The number of urea groups is 1. The third-order valence-corrected chi connectivity index (χ3v) is 3.14. The summed E-state index contributed by atoms with van der Waals surface area (Å²) in [7, 11) is 0. The minimum atomic E-state index is -0.991. The lowest BCUT2D eigenvalue weighted by atomic mass is 10.1. The summed E-state index contributed by atoms with van der Waals surface area (Å²) in [6.45, 7) is 5.62. The summed E-state index contributed by atoms with van der Waals surface area (Å²) in [6.07, 6.45) is 2.23. The van der Waals surface area contributed by atoms with E-state index in [1.807, 2.05) is 6.92 Å². The van der Waals surface area contributed by atoms with Crippen LogP contribution in [0.15, 0.2) is 0 Å². The molecule has 6 nitrogen and oxygen atoms in total. The number of amides is 2. The number of hydrogen-bond donors (Lipinski definition) is 2. The second-order valence-corrected chi connectivity index (χ2v) is 4.39. The molecule has 2 N–H and O–H groups in total. The monoisotopic (exact) mass is 258 g/mol. The highest BCUT2D eigenvalue weighted by Gasteiger charge is 2.25. The molecule has 1 heterocycles. The van der Waals surface area contributed by atoms with Crippen molar-refractivity contribution in [2.75, 3.05) is 19.7 Å². The van der Waals surface area contributed by atoms with E-state index in [4.69, 9.17) is 9.84 Å². The van der Waals surface area contributed by atoms with Gasteiger partial charge in [0.15, 0.2) is 0 Å². The van der Waals surface area contributed by atoms with E-state index in [9.17, 15) is 9.59 Å². The molecule has 1 unspecified atom stereocenters. The fourth-order valence-corrected chi connectivity index (χ4v) is 2.04. The summed E-state index contributed by atoms with van der Waals surface area (Å²) in [5.41, 5.74) is 0. The van der Waals surface area contributed by atoms with Crippen LogP contribution in [-0.2, 0) is 9.53 Å². The van der Waals surface area contributed by atoms with E-state index >= 15 is 0 Å². The van der Waals surface area contributed by atoms with Crippen molar-refractivity contribution in [2.24, 2.45) is 0 Å². The zero-order valence-electron chi connectivity index (χ0n) is 11.0. The maximum Gasteiger partial charge on any atom is 0.326 e. The number of likely N-dealkylation sites (tertiary alicyclic amines) is 1. The van der Waals surface area contributed by atoms with E-state index in [0.29, 0.717) is 26.1 Å². The lowest BCUT2D eigenvalue weighted by molar-refractivity contribution is -0.139. The molecule has 1 fully saturated rings. The Bertz CT molecular complexity index is 288. The molecule has 0 spiro atoms. The van der Waals surface area contributed by atoms with Gasteiger partial charge in [-0.1, -0.05) is 6.92 Å². The van der Waals surface area contributed by atoms with Crippen LogP contribution in [0.25, 0.3) is 0 Å². The molecule has 1 saturated heterocycles.